The van der Waals surface area contributed by atoms with E-state index in [0.717, 1.165) is 42.5 Å². The lowest BCUT2D eigenvalue weighted by molar-refractivity contribution is 0.205. The van der Waals surface area contributed by atoms with Crippen LogP contribution in [0.5, 0.6) is 5.75 Å². The molecule has 0 spiro atoms. The zero-order valence-corrected chi connectivity index (χ0v) is 14.8. The number of nitrogens with zero attached hydrogens (tertiary/aromatic N) is 6. The summed E-state index contributed by atoms with van der Waals surface area (Å²) in [5.74, 6) is 0.0384. The van der Waals surface area contributed by atoms with E-state index in [2.05, 4.69) is 27.2 Å². The highest BCUT2D eigenvalue weighted by molar-refractivity contribution is 5.81. The number of aryl methyl sites for hydroxylation is 1. The quantitative estimate of drug-likeness (QED) is 0.765. The Morgan fingerprint density at radius 3 is 2.85 bits per heavy atom. The number of phenols is 1. The SMILES string of the molecule is Cc1cc(C#N)cc(O)c1-c1cc2cnn(C3CCCN(C)C3)c2nn1. The Morgan fingerprint density at radius 2 is 2.12 bits per heavy atom. The summed E-state index contributed by atoms with van der Waals surface area (Å²) in [6.07, 6.45) is 4.03. The van der Waals surface area contributed by atoms with Gasteiger partial charge in [0.05, 0.1) is 29.6 Å². The molecule has 3 heterocycles. The lowest BCUT2D eigenvalue weighted by atomic mass is 10.0. The van der Waals surface area contributed by atoms with Crippen LogP contribution >= 0.6 is 0 Å². The number of piperidine rings is 1. The molecule has 3 aromatic rings. The molecule has 1 aromatic carbocycles. The van der Waals surface area contributed by atoms with Crippen LogP contribution in [-0.2, 0) is 0 Å². The predicted molar refractivity (Wildman–Crippen MR) is 97.6 cm³/mol. The summed E-state index contributed by atoms with van der Waals surface area (Å²) in [4.78, 5) is 2.31. The van der Waals surface area contributed by atoms with Crippen LogP contribution in [-0.4, -0.2) is 50.1 Å². The van der Waals surface area contributed by atoms with E-state index in [1.165, 1.54) is 6.07 Å². The summed E-state index contributed by atoms with van der Waals surface area (Å²) >= 11 is 0. The van der Waals surface area contributed by atoms with Gasteiger partial charge in [0, 0.05) is 17.5 Å². The molecule has 1 atom stereocenters. The normalized spacial score (nSPS) is 18.1. The van der Waals surface area contributed by atoms with E-state index in [9.17, 15) is 5.11 Å². The van der Waals surface area contributed by atoms with E-state index >= 15 is 0 Å². The molecule has 0 amide bonds. The Kier molecular flexibility index (Phi) is 4.05. The highest BCUT2D eigenvalue weighted by Gasteiger charge is 2.22. The maximum Gasteiger partial charge on any atom is 0.180 e. The molecule has 0 aliphatic carbocycles. The number of nitriles is 1. The predicted octanol–water partition coefficient (Wildman–Crippen LogP) is 2.65. The van der Waals surface area contributed by atoms with Gasteiger partial charge in [0.1, 0.15) is 5.75 Å². The molecule has 1 saturated heterocycles. The van der Waals surface area contributed by atoms with Crippen LogP contribution < -0.4 is 0 Å². The molecule has 4 rings (SSSR count). The molecular weight excluding hydrogens is 328 g/mol. The van der Waals surface area contributed by atoms with Crippen LogP contribution in [0.3, 0.4) is 0 Å². The maximum atomic E-state index is 10.3. The average molecular weight is 348 g/mol. The first-order chi connectivity index (χ1) is 12.6. The molecular formula is C19H20N6O. The second-order valence-electron chi connectivity index (χ2n) is 6.96. The maximum absolute atomic E-state index is 10.3. The van der Waals surface area contributed by atoms with Crippen molar-refractivity contribution in [2.24, 2.45) is 0 Å². The van der Waals surface area contributed by atoms with E-state index in [4.69, 9.17) is 5.26 Å². The summed E-state index contributed by atoms with van der Waals surface area (Å²) < 4.78 is 1.97. The minimum atomic E-state index is 0.0384. The number of hydrogen-bond acceptors (Lipinski definition) is 6. The fraction of sp³-hybridized carbons (Fsp3) is 0.368. The fourth-order valence-corrected chi connectivity index (χ4v) is 3.75. The first kappa shape index (κ1) is 16.5. The molecule has 26 heavy (non-hydrogen) atoms. The summed E-state index contributed by atoms with van der Waals surface area (Å²) in [5, 5.41) is 33.5. The average Bonchev–Trinajstić information content (AvgIpc) is 3.04. The van der Waals surface area contributed by atoms with E-state index in [0.29, 0.717) is 22.9 Å². The topological polar surface area (TPSA) is 90.9 Å². The van der Waals surface area contributed by atoms with Crippen molar-refractivity contribution in [3.63, 3.8) is 0 Å². The molecule has 1 fully saturated rings. The molecule has 1 N–H and O–H groups in total. The number of benzene rings is 1. The van der Waals surface area contributed by atoms with Crippen molar-refractivity contribution in [3.05, 3.63) is 35.5 Å². The number of phenolic OH excluding ortho intramolecular Hbond substituents is 1. The molecule has 0 saturated carbocycles. The Morgan fingerprint density at radius 1 is 1.27 bits per heavy atom. The minimum absolute atomic E-state index is 0.0384. The molecule has 0 radical (unpaired) electrons. The van der Waals surface area contributed by atoms with Crippen molar-refractivity contribution in [1.82, 2.24) is 24.9 Å². The second kappa shape index (κ2) is 6.39. The van der Waals surface area contributed by atoms with Gasteiger partial charge in [-0.1, -0.05) is 0 Å². The number of aromatic hydroxyl groups is 1. The third-order valence-corrected chi connectivity index (χ3v) is 4.99. The van der Waals surface area contributed by atoms with Gasteiger partial charge < -0.3 is 10.0 Å². The molecule has 7 nitrogen and oxygen atoms in total. The summed E-state index contributed by atoms with van der Waals surface area (Å²) in [7, 11) is 2.12. The van der Waals surface area contributed by atoms with Gasteiger partial charge in [0.2, 0.25) is 0 Å². The largest absolute Gasteiger partial charge is 0.507 e. The number of likely N-dealkylation sites (N-methyl/N-ethyl adjacent to an activating group) is 1. The number of fused-ring (bicyclic) bond motifs is 1. The third-order valence-electron chi connectivity index (χ3n) is 4.99. The molecule has 2 aromatic heterocycles. The molecule has 0 bridgehead atoms. The van der Waals surface area contributed by atoms with E-state index in [-0.39, 0.29) is 5.75 Å². The lowest BCUT2D eigenvalue weighted by Gasteiger charge is -2.29. The second-order valence-corrected chi connectivity index (χ2v) is 6.96. The molecule has 1 aliphatic rings. The number of rotatable bonds is 2. The van der Waals surface area contributed by atoms with Crippen molar-refractivity contribution < 1.29 is 5.11 Å². The molecule has 7 heteroatoms. The highest BCUT2D eigenvalue weighted by atomic mass is 16.3. The van der Waals surface area contributed by atoms with E-state index in [1.807, 2.05) is 23.7 Å². The smallest absolute Gasteiger partial charge is 0.180 e. The van der Waals surface area contributed by atoms with Gasteiger partial charge >= 0.3 is 0 Å². The zero-order chi connectivity index (χ0) is 18.3. The Labute approximate surface area is 151 Å². The number of likely N-dealkylation sites (tertiary alicyclic amines) is 1. The molecule has 1 unspecified atom stereocenters. The molecule has 132 valence electrons. The fourth-order valence-electron chi connectivity index (χ4n) is 3.75. The standard InChI is InChI=1S/C19H20N6O/c1-12-6-13(9-20)7-17(26)18(12)16-8-14-10-21-25(19(14)23-22-16)15-4-3-5-24(2)11-15/h6-8,10,15,26H,3-5,11H2,1-2H3. The summed E-state index contributed by atoms with van der Waals surface area (Å²) in [6.45, 7) is 3.92. The summed E-state index contributed by atoms with van der Waals surface area (Å²) in [6, 6.07) is 7.44. The Bertz CT molecular complexity index is 996. The molecule has 1 aliphatic heterocycles. The van der Waals surface area contributed by atoms with Gasteiger partial charge in [0.25, 0.3) is 0 Å². The third kappa shape index (κ3) is 2.78. The highest BCUT2D eigenvalue weighted by Crippen LogP contribution is 2.33. The van der Waals surface area contributed by atoms with Crippen LogP contribution in [0.15, 0.2) is 24.4 Å². The van der Waals surface area contributed by atoms with Gasteiger partial charge in [-0.25, -0.2) is 4.68 Å². The number of hydrogen-bond donors (Lipinski definition) is 1. The van der Waals surface area contributed by atoms with E-state index < -0.39 is 0 Å². The van der Waals surface area contributed by atoms with Crippen LogP contribution in [0, 0.1) is 18.3 Å². The Balaban J connectivity index is 1.75. The van der Waals surface area contributed by atoms with Crippen molar-refractivity contribution in [2.75, 3.05) is 20.1 Å². The Hall–Kier alpha value is -2.98. The van der Waals surface area contributed by atoms with Gasteiger partial charge in [0.15, 0.2) is 5.65 Å². The van der Waals surface area contributed by atoms with Crippen LogP contribution in [0.25, 0.3) is 22.3 Å². The first-order valence-corrected chi connectivity index (χ1v) is 8.70. The first-order valence-electron chi connectivity index (χ1n) is 8.70. The van der Waals surface area contributed by atoms with Gasteiger partial charge in [-0.3, -0.25) is 0 Å². The van der Waals surface area contributed by atoms with E-state index in [1.54, 1.807) is 12.3 Å². The lowest BCUT2D eigenvalue weighted by Crippen LogP contribution is -2.34. The monoisotopic (exact) mass is 348 g/mol. The van der Waals surface area contributed by atoms with Crippen molar-refractivity contribution >= 4 is 11.0 Å². The minimum Gasteiger partial charge on any atom is -0.507 e. The van der Waals surface area contributed by atoms with Crippen LogP contribution in [0.4, 0.5) is 0 Å². The van der Waals surface area contributed by atoms with Gasteiger partial charge in [-0.05, 0) is 57.1 Å². The van der Waals surface area contributed by atoms with Crippen molar-refractivity contribution in [2.45, 2.75) is 25.8 Å². The van der Waals surface area contributed by atoms with Crippen molar-refractivity contribution in [3.8, 4) is 23.1 Å². The van der Waals surface area contributed by atoms with Gasteiger partial charge in [-0.2, -0.15) is 10.4 Å². The number of aromatic nitrogens is 4. The van der Waals surface area contributed by atoms with Crippen LogP contribution in [0.1, 0.15) is 30.0 Å². The summed E-state index contributed by atoms with van der Waals surface area (Å²) in [5.41, 5.74) is 3.16. The zero-order valence-electron chi connectivity index (χ0n) is 14.8. The van der Waals surface area contributed by atoms with Crippen LogP contribution in [0.2, 0.25) is 0 Å². The van der Waals surface area contributed by atoms with Gasteiger partial charge in [-0.15, -0.1) is 10.2 Å². The van der Waals surface area contributed by atoms with Crippen molar-refractivity contribution in [1.29, 1.82) is 5.26 Å².